The normalized spacial score (nSPS) is 18.6. The van der Waals surface area contributed by atoms with Crippen LogP contribution in [0.5, 0.6) is 0 Å². The summed E-state index contributed by atoms with van der Waals surface area (Å²) in [4.78, 5) is 12.9. The van der Waals surface area contributed by atoms with Crippen molar-refractivity contribution in [2.75, 3.05) is 11.4 Å². The second-order valence-corrected chi connectivity index (χ2v) is 5.16. The predicted octanol–water partition coefficient (Wildman–Crippen LogP) is 1.80. The highest BCUT2D eigenvalue weighted by molar-refractivity contribution is 5.69. The third kappa shape index (κ3) is 2.72. The molecule has 1 N–H and O–H groups in total. The number of nitriles is 1. The molecule has 1 aliphatic rings. The van der Waals surface area contributed by atoms with Crippen molar-refractivity contribution in [2.45, 2.75) is 45.6 Å². The summed E-state index contributed by atoms with van der Waals surface area (Å²) in [7, 11) is 0. The summed E-state index contributed by atoms with van der Waals surface area (Å²) in [6.45, 7) is 4.39. The molecule has 2 heterocycles. The minimum absolute atomic E-state index is 0.0689. The summed E-state index contributed by atoms with van der Waals surface area (Å²) in [6, 6.07) is 2.08. The largest absolute Gasteiger partial charge is 0.481 e. The molecule has 1 atom stereocenters. The van der Waals surface area contributed by atoms with Gasteiger partial charge >= 0.3 is 5.97 Å². The van der Waals surface area contributed by atoms with E-state index in [4.69, 9.17) is 5.11 Å². The van der Waals surface area contributed by atoms with Crippen LogP contribution < -0.4 is 4.90 Å². The molecule has 1 aliphatic heterocycles. The lowest BCUT2D eigenvalue weighted by Gasteiger charge is -2.36. The molecule has 6 nitrogen and oxygen atoms in total. The van der Waals surface area contributed by atoms with E-state index >= 15 is 0 Å². The molecule has 0 aliphatic carbocycles. The Bertz CT molecular complexity index is 565. The second kappa shape index (κ2) is 5.87. The maximum absolute atomic E-state index is 11.0. The first-order valence-corrected chi connectivity index (χ1v) is 6.77. The van der Waals surface area contributed by atoms with Crippen molar-refractivity contribution >= 4 is 11.8 Å². The van der Waals surface area contributed by atoms with Crippen molar-refractivity contribution in [3.63, 3.8) is 0 Å². The van der Waals surface area contributed by atoms with Crippen LogP contribution in [0.2, 0.25) is 0 Å². The molecule has 0 aromatic carbocycles. The van der Waals surface area contributed by atoms with Crippen LogP contribution in [0.4, 0.5) is 5.82 Å². The van der Waals surface area contributed by atoms with Gasteiger partial charge in [0, 0.05) is 12.6 Å². The van der Waals surface area contributed by atoms with Gasteiger partial charge in [0.2, 0.25) is 0 Å². The molecule has 0 spiro atoms. The van der Waals surface area contributed by atoms with E-state index in [1.807, 2.05) is 18.7 Å². The van der Waals surface area contributed by atoms with E-state index in [1.165, 1.54) is 0 Å². The lowest BCUT2D eigenvalue weighted by Crippen LogP contribution is -2.42. The minimum atomic E-state index is -0.822. The number of aliphatic carboxylic acids is 1. The quantitative estimate of drug-likeness (QED) is 0.903. The van der Waals surface area contributed by atoms with E-state index < -0.39 is 5.97 Å². The molecule has 0 bridgehead atoms. The number of carboxylic acids is 1. The van der Waals surface area contributed by atoms with Gasteiger partial charge in [0.05, 0.1) is 12.1 Å². The third-order valence-corrected chi connectivity index (χ3v) is 3.86. The van der Waals surface area contributed by atoms with E-state index in [1.54, 1.807) is 0 Å². The molecule has 0 saturated carbocycles. The van der Waals surface area contributed by atoms with Gasteiger partial charge in [-0.05, 0) is 38.7 Å². The summed E-state index contributed by atoms with van der Waals surface area (Å²) >= 11 is 0. The van der Waals surface area contributed by atoms with Crippen molar-refractivity contribution < 1.29 is 9.90 Å². The summed E-state index contributed by atoms with van der Waals surface area (Å²) in [5.74, 6) is -0.293. The Balaban J connectivity index is 2.40. The number of carboxylic acid groups (broad SMARTS) is 1. The van der Waals surface area contributed by atoms with Crippen molar-refractivity contribution in [2.24, 2.45) is 0 Å². The zero-order valence-electron chi connectivity index (χ0n) is 11.8. The van der Waals surface area contributed by atoms with Crippen LogP contribution in [0.15, 0.2) is 0 Å². The number of carbonyl (C=O) groups is 1. The highest BCUT2D eigenvalue weighted by Gasteiger charge is 2.28. The zero-order chi connectivity index (χ0) is 14.7. The van der Waals surface area contributed by atoms with E-state index in [0.717, 1.165) is 37.1 Å². The van der Waals surface area contributed by atoms with Crippen LogP contribution >= 0.6 is 0 Å². The number of rotatable bonds is 3. The first-order chi connectivity index (χ1) is 9.54. The van der Waals surface area contributed by atoms with Gasteiger partial charge in [-0.1, -0.05) is 0 Å². The molecular weight excluding hydrogens is 256 g/mol. The van der Waals surface area contributed by atoms with Gasteiger partial charge in [0.1, 0.15) is 11.6 Å². The Morgan fingerprint density at radius 3 is 2.85 bits per heavy atom. The zero-order valence-corrected chi connectivity index (χ0v) is 11.8. The summed E-state index contributed by atoms with van der Waals surface area (Å²) < 4.78 is 0. The van der Waals surface area contributed by atoms with Gasteiger partial charge in [-0.2, -0.15) is 10.4 Å². The lowest BCUT2D eigenvalue weighted by molar-refractivity contribution is -0.137. The monoisotopic (exact) mass is 274 g/mol. The maximum atomic E-state index is 11.0. The van der Waals surface area contributed by atoms with Crippen molar-refractivity contribution in [1.29, 1.82) is 5.26 Å². The summed E-state index contributed by atoms with van der Waals surface area (Å²) in [6.07, 6.45) is 2.87. The van der Waals surface area contributed by atoms with Crippen LogP contribution in [0.1, 0.15) is 42.5 Å². The van der Waals surface area contributed by atoms with Crippen molar-refractivity contribution in [3.8, 4) is 6.07 Å². The smallest absolute Gasteiger partial charge is 0.305 e. The Morgan fingerprint density at radius 1 is 1.45 bits per heavy atom. The van der Waals surface area contributed by atoms with Gasteiger partial charge in [-0.15, -0.1) is 5.10 Å². The first-order valence-electron chi connectivity index (χ1n) is 6.77. The maximum Gasteiger partial charge on any atom is 0.305 e. The number of nitrogens with zero attached hydrogens (tertiary/aromatic N) is 4. The number of piperidine rings is 1. The molecular formula is C14H18N4O2. The Morgan fingerprint density at radius 2 is 2.20 bits per heavy atom. The molecule has 20 heavy (non-hydrogen) atoms. The van der Waals surface area contributed by atoms with Crippen LogP contribution in [-0.2, 0) is 4.79 Å². The molecule has 0 amide bonds. The number of aromatic nitrogens is 2. The summed E-state index contributed by atoms with van der Waals surface area (Å²) in [5, 5.41) is 26.6. The number of aryl methyl sites for hydroxylation is 1. The highest BCUT2D eigenvalue weighted by atomic mass is 16.4. The van der Waals surface area contributed by atoms with E-state index in [0.29, 0.717) is 11.4 Å². The molecule has 1 aromatic rings. The topological polar surface area (TPSA) is 90.1 Å². The third-order valence-electron chi connectivity index (χ3n) is 3.86. The SMILES string of the molecule is Cc1nnc(N2CCCCC2CC(=O)O)c(C#N)c1C. The average molecular weight is 274 g/mol. The fourth-order valence-electron chi connectivity index (χ4n) is 2.62. The first kappa shape index (κ1) is 14.3. The van der Waals surface area contributed by atoms with Crippen LogP contribution in [-0.4, -0.2) is 33.9 Å². The van der Waals surface area contributed by atoms with E-state index in [2.05, 4.69) is 16.3 Å². The molecule has 106 valence electrons. The van der Waals surface area contributed by atoms with Gasteiger partial charge in [0.25, 0.3) is 0 Å². The van der Waals surface area contributed by atoms with Crippen LogP contribution in [0.25, 0.3) is 0 Å². The molecule has 1 aromatic heterocycles. The minimum Gasteiger partial charge on any atom is -0.481 e. The summed E-state index contributed by atoms with van der Waals surface area (Å²) in [5.41, 5.74) is 2.06. The van der Waals surface area contributed by atoms with E-state index in [-0.39, 0.29) is 12.5 Å². The molecule has 1 saturated heterocycles. The van der Waals surface area contributed by atoms with Gasteiger partial charge in [0.15, 0.2) is 5.82 Å². The van der Waals surface area contributed by atoms with Gasteiger partial charge < -0.3 is 10.0 Å². The predicted molar refractivity (Wildman–Crippen MR) is 73.5 cm³/mol. The molecule has 1 unspecified atom stereocenters. The average Bonchev–Trinajstić information content (AvgIpc) is 2.42. The second-order valence-electron chi connectivity index (χ2n) is 5.16. The Kier molecular flexibility index (Phi) is 4.18. The lowest BCUT2D eigenvalue weighted by atomic mass is 9.98. The number of anilines is 1. The number of hydrogen-bond donors (Lipinski definition) is 1. The fraction of sp³-hybridized carbons (Fsp3) is 0.571. The van der Waals surface area contributed by atoms with E-state index in [9.17, 15) is 10.1 Å². The Labute approximate surface area is 118 Å². The van der Waals surface area contributed by atoms with Gasteiger partial charge in [-0.3, -0.25) is 4.79 Å². The van der Waals surface area contributed by atoms with Crippen molar-refractivity contribution in [1.82, 2.24) is 10.2 Å². The molecule has 6 heteroatoms. The molecule has 1 fully saturated rings. The molecule has 0 radical (unpaired) electrons. The van der Waals surface area contributed by atoms with Crippen LogP contribution in [0, 0.1) is 25.2 Å². The number of hydrogen-bond acceptors (Lipinski definition) is 5. The van der Waals surface area contributed by atoms with Crippen molar-refractivity contribution in [3.05, 3.63) is 16.8 Å². The van der Waals surface area contributed by atoms with Gasteiger partial charge in [-0.25, -0.2) is 0 Å². The fourth-order valence-corrected chi connectivity index (χ4v) is 2.62. The van der Waals surface area contributed by atoms with Crippen LogP contribution in [0.3, 0.4) is 0 Å². The molecule has 2 rings (SSSR count). The highest BCUT2D eigenvalue weighted by Crippen LogP contribution is 2.29. The standard InChI is InChI=1S/C14H18N4O2/c1-9-10(2)16-17-14(12(9)8-15)18-6-4-3-5-11(18)7-13(19)20/h11H,3-7H2,1-2H3,(H,19,20). The Hall–Kier alpha value is -2.16.